The summed E-state index contributed by atoms with van der Waals surface area (Å²) in [6.45, 7) is 1.18. The number of carbonyl (C=O) groups is 1. The molecular formula is C25H23F2N7O5. The van der Waals surface area contributed by atoms with Gasteiger partial charge in [-0.1, -0.05) is 0 Å². The van der Waals surface area contributed by atoms with Gasteiger partial charge in [-0.25, -0.2) is 18.6 Å². The lowest BCUT2D eigenvalue weighted by atomic mass is 10.0. The molecule has 0 aliphatic rings. The molecule has 0 aliphatic heterocycles. The summed E-state index contributed by atoms with van der Waals surface area (Å²) in [5, 5.41) is 14.9. The van der Waals surface area contributed by atoms with Crippen molar-refractivity contribution in [1.29, 1.82) is 5.41 Å². The summed E-state index contributed by atoms with van der Waals surface area (Å²) in [6, 6.07) is 8.02. The Morgan fingerprint density at radius 3 is 2.46 bits per heavy atom. The minimum atomic E-state index is -1.20. The van der Waals surface area contributed by atoms with Crippen molar-refractivity contribution in [2.45, 2.75) is 13.0 Å². The maximum absolute atomic E-state index is 15.4. The molecular weight excluding hydrogens is 516 g/mol. The van der Waals surface area contributed by atoms with Crippen LogP contribution < -0.4 is 31.0 Å². The number of amidine groups is 1. The first-order valence-electron chi connectivity index (χ1n) is 11.3. The molecule has 0 bridgehead atoms. The van der Waals surface area contributed by atoms with E-state index in [2.05, 4.69) is 20.4 Å². The summed E-state index contributed by atoms with van der Waals surface area (Å²) in [5.41, 5.74) is 5.16. The topological polar surface area (TPSA) is 170 Å². The molecule has 4 rings (SSSR count). The molecule has 0 saturated carbocycles. The average molecular weight is 539 g/mol. The van der Waals surface area contributed by atoms with Gasteiger partial charge in [0.25, 0.3) is 0 Å². The molecule has 12 nitrogen and oxygen atoms in total. The second kappa shape index (κ2) is 11.0. The minimum absolute atomic E-state index is 0.0267. The molecule has 14 heteroatoms. The quantitative estimate of drug-likeness (QED) is 0.108. The van der Waals surface area contributed by atoms with E-state index in [1.807, 2.05) is 0 Å². The lowest BCUT2D eigenvalue weighted by Crippen LogP contribution is -2.18. The second-order valence-electron chi connectivity index (χ2n) is 8.06. The fourth-order valence-electron chi connectivity index (χ4n) is 3.77. The van der Waals surface area contributed by atoms with Crippen LogP contribution in [0.25, 0.3) is 5.82 Å². The van der Waals surface area contributed by atoms with E-state index in [-0.39, 0.29) is 51.5 Å². The Morgan fingerprint density at radius 1 is 1.10 bits per heavy atom. The molecule has 0 fully saturated rings. The third-order valence-electron chi connectivity index (χ3n) is 5.50. The normalized spacial score (nSPS) is 11.5. The molecule has 2 heterocycles. The number of anilines is 1. The lowest BCUT2D eigenvalue weighted by Gasteiger charge is -2.21. The molecule has 1 atom stereocenters. The maximum Gasteiger partial charge on any atom is 0.349 e. The van der Waals surface area contributed by atoms with Crippen molar-refractivity contribution in [3.05, 3.63) is 87.7 Å². The highest BCUT2D eigenvalue weighted by molar-refractivity contribution is 5.98. The highest BCUT2D eigenvalue weighted by Crippen LogP contribution is 2.36. The number of esters is 1. The first-order chi connectivity index (χ1) is 18.6. The number of rotatable bonds is 9. The number of aromatic amines is 1. The van der Waals surface area contributed by atoms with E-state index in [0.29, 0.717) is 4.68 Å². The van der Waals surface area contributed by atoms with Gasteiger partial charge >= 0.3 is 11.7 Å². The van der Waals surface area contributed by atoms with Gasteiger partial charge in [0.2, 0.25) is 0 Å². The summed E-state index contributed by atoms with van der Waals surface area (Å²) < 4.78 is 46.2. The molecule has 2 aromatic heterocycles. The van der Waals surface area contributed by atoms with E-state index in [1.54, 1.807) is 0 Å². The van der Waals surface area contributed by atoms with Gasteiger partial charge in [-0.15, -0.1) is 5.10 Å². The lowest BCUT2D eigenvalue weighted by molar-refractivity contribution is -0.131. The molecule has 5 N–H and O–H groups in total. The van der Waals surface area contributed by atoms with Crippen molar-refractivity contribution in [3.63, 3.8) is 0 Å². The Hall–Kier alpha value is -5.27. The van der Waals surface area contributed by atoms with Crippen molar-refractivity contribution in [1.82, 2.24) is 19.7 Å². The van der Waals surface area contributed by atoms with Crippen LogP contribution in [0.15, 0.2) is 53.5 Å². The van der Waals surface area contributed by atoms with Crippen LogP contribution in [0.2, 0.25) is 0 Å². The summed E-state index contributed by atoms with van der Waals surface area (Å²) in [4.78, 5) is 30.8. The van der Waals surface area contributed by atoms with Crippen molar-refractivity contribution in [3.8, 4) is 23.1 Å². The zero-order chi connectivity index (χ0) is 28.3. The van der Waals surface area contributed by atoms with Crippen molar-refractivity contribution in [2.24, 2.45) is 5.73 Å². The summed E-state index contributed by atoms with van der Waals surface area (Å²) in [5.74, 6) is -2.74. The predicted octanol–water partition coefficient (Wildman–Crippen LogP) is 2.66. The van der Waals surface area contributed by atoms with E-state index < -0.39 is 29.3 Å². The number of ether oxygens (including phenoxy) is 3. The van der Waals surface area contributed by atoms with Crippen LogP contribution >= 0.6 is 0 Å². The molecule has 4 aromatic rings. The Balaban J connectivity index is 1.88. The number of carbonyl (C=O) groups excluding carboxylic acids is 1. The number of nitrogen functional groups attached to an aromatic ring is 1. The standard InChI is InChI=1S/C25H23F2N7O5/c1-12(35)39-18-9-13(6-7-14(18)22(28)29)31-21(15-10-19(37-2)20(38-3)11-17(15)27)23-32-25(36)34(33-23)24-16(26)5-4-8-30-24/h4-11,21,31H,1-3H3,(H3,28,29)(H,32,33,36). The molecule has 0 amide bonds. The monoisotopic (exact) mass is 539 g/mol. The molecule has 202 valence electrons. The van der Waals surface area contributed by atoms with Crippen LogP contribution in [0.4, 0.5) is 14.5 Å². The predicted molar refractivity (Wildman–Crippen MR) is 136 cm³/mol. The number of benzene rings is 2. The molecule has 0 spiro atoms. The number of H-pyrrole nitrogens is 1. The third-order valence-corrected chi connectivity index (χ3v) is 5.50. The van der Waals surface area contributed by atoms with Crippen molar-refractivity contribution in [2.75, 3.05) is 19.5 Å². The highest BCUT2D eigenvalue weighted by atomic mass is 19.1. The molecule has 0 saturated heterocycles. The Labute approximate surface area is 219 Å². The summed E-state index contributed by atoms with van der Waals surface area (Å²) in [6.07, 6.45) is 1.29. The molecule has 1 unspecified atom stereocenters. The Kier molecular flexibility index (Phi) is 7.56. The van der Waals surface area contributed by atoms with Gasteiger partial charge in [-0.2, -0.15) is 4.68 Å². The number of halogens is 2. The molecule has 0 aliphatic carbocycles. The van der Waals surface area contributed by atoms with Gasteiger partial charge < -0.3 is 25.3 Å². The van der Waals surface area contributed by atoms with Crippen molar-refractivity contribution >= 4 is 17.5 Å². The number of hydrogen-bond acceptors (Lipinski definition) is 9. The zero-order valence-electron chi connectivity index (χ0n) is 20.9. The van der Waals surface area contributed by atoms with E-state index in [0.717, 1.165) is 12.1 Å². The minimum Gasteiger partial charge on any atom is -0.493 e. The third kappa shape index (κ3) is 5.53. The van der Waals surface area contributed by atoms with Crippen LogP contribution in [0.5, 0.6) is 17.2 Å². The van der Waals surface area contributed by atoms with Crippen LogP contribution in [0.3, 0.4) is 0 Å². The van der Waals surface area contributed by atoms with E-state index in [1.165, 1.54) is 57.7 Å². The van der Waals surface area contributed by atoms with Gasteiger partial charge in [-0.05, 0) is 30.3 Å². The van der Waals surface area contributed by atoms with Gasteiger partial charge in [0.05, 0.1) is 19.8 Å². The smallest absolute Gasteiger partial charge is 0.349 e. The number of methoxy groups -OCH3 is 2. The number of nitrogens with two attached hydrogens (primary N) is 1. The first kappa shape index (κ1) is 26.8. The van der Waals surface area contributed by atoms with Crippen LogP contribution in [0, 0.1) is 17.0 Å². The van der Waals surface area contributed by atoms with E-state index >= 15 is 4.39 Å². The van der Waals surface area contributed by atoms with Crippen molar-refractivity contribution < 1.29 is 27.8 Å². The fraction of sp³-hybridized carbons (Fsp3) is 0.160. The zero-order valence-corrected chi connectivity index (χ0v) is 20.9. The number of hydrogen-bond donors (Lipinski definition) is 4. The largest absolute Gasteiger partial charge is 0.493 e. The summed E-state index contributed by atoms with van der Waals surface area (Å²) in [7, 11) is 2.72. The average Bonchev–Trinajstić information content (AvgIpc) is 3.28. The summed E-state index contributed by atoms with van der Waals surface area (Å²) >= 11 is 0. The number of nitrogens with one attached hydrogen (secondary N) is 3. The van der Waals surface area contributed by atoms with Gasteiger partial charge in [0, 0.05) is 36.5 Å². The van der Waals surface area contributed by atoms with Crippen LogP contribution in [-0.4, -0.2) is 45.8 Å². The van der Waals surface area contributed by atoms with E-state index in [4.69, 9.17) is 25.4 Å². The molecule has 39 heavy (non-hydrogen) atoms. The molecule has 2 aromatic carbocycles. The van der Waals surface area contributed by atoms with Gasteiger partial charge in [-0.3, -0.25) is 15.2 Å². The Bertz CT molecular complexity index is 1620. The first-order valence-corrected chi connectivity index (χ1v) is 11.3. The van der Waals surface area contributed by atoms with Crippen LogP contribution in [-0.2, 0) is 4.79 Å². The SMILES string of the molecule is COc1cc(F)c(C(Nc2ccc(C(=N)N)c(OC(C)=O)c2)c2nn(-c3ncccc3F)c(=O)[nH]2)cc1OC. The number of aromatic nitrogens is 4. The number of nitrogens with zero attached hydrogens (tertiary/aromatic N) is 3. The second-order valence-corrected chi connectivity index (χ2v) is 8.06. The van der Waals surface area contributed by atoms with Crippen LogP contribution in [0.1, 0.15) is 29.9 Å². The highest BCUT2D eigenvalue weighted by Gasteiger charge is 2.26. The molecule has 0 radical (unpaired) electrons. The van der Waals surface area contributed by atoms with Gasteiger partial charge in [0.1, 0.15) is 23.4 Å². The Morgan fingerprint density at radius 2 is 1.82 bits per heavy atom. The fourth-order valence-corrected chi connectivity index (χ4v) is 3.77. The number of pyridine rings is 1. The van der Waals surface area contributed by atoms with E-state index in [9.17, 15) is 14.0 Å². The van der Waals surface area contributed by atoms with Gasteiger partial charge in [0.15, 0.2) is 29.0 Å². The maximum atomic E-state index is 15.4.